The van der Waals surface area contributed by atoms with Crippen molar-refractivity contribution in [2.45, 2.75) is 38.7 Å². The van der Waals surface area contributed by atoms with Gasteiger partial charge in [-0.2, -0.15) is 0 Å². The van der Waals surface area contributed by atoms with Crippen LogP contribution in [0.25, 0.3) is 11.0 Å². The van der Waals surface area contributed by atoms with Crippen LogP contribution >= 0.6 is 0 Å². The van der Waals surface area contributed by atoms with Gasteiger partial charge in [0.05, 0.1) is 5.39 Å². The molecule has 0 bridgehead atoms. The number of phenols is 1. The number of hydrogen-bond donors (Lipinski definition) is 1. The third-order valence-corrected chi connectivity index (χ3v) is 6.43. The Labute approximate surface area is 127 Å². The molecule has 4 heteroatoms. The Kier molecular flexibility index (Phi) is 1.91. The van der Waals surface area contributed by atoms with E-state index < -0.39 is 5.63 Å². The Bertz CT molecular complexity index is 894. The van der Waals surface area contributed by atoms with Crippen molar-refractivity contribution in [1.82, 2.24) is 0 Å². The Hall–Kier alpha value is -1.97. The first-order valence-corrected chi connectivity index (χ1v) is 7.82. The quantitative estimate of drug-likeness (QED) is 0.757. The lowest BCUT2D eigenvalue weighted by molar-refractivity contribution is -0.257. The van der Waals surface area contributed by atoms with Crippen molar-refractivity contribution >= 4 is 11.0 Å². The average molecular weight is 298 g/mol. The molecular formula is C18H18O4. The third-order valence-electron chi connectivity index (χ3n) is 6.43. The van der Waals surface area contributed by atoms with E-state index in [1.807, 2.05) is 0 Å². The normalized spacial score (nSPS) is 36.6. The molecule has 1 N–H and O–H groups in total. The van der Waals surface area contributed by atoms with Crippen LogP contribution in [-0.2, 0) is 0 Å². The average Bonchev–Trinajstić information content (AvgIpc) is 2.42. The summed E-state index contributed by atoms with van der Waals surface area (Å²) in [6.45, 7) is 6.71. The van der Waals surface area contributed by atoms with Crippen molar-refractivity contribution in [3.8, 4) is 11.5 Å². The number of benzene rings is 1. The maximum absolute atomic E-state index is 11.4. The molecule has 1 aromatic carbocycles. The standard InChI is InChI=1S/C18H18O4/c1-17(2)9-7-18(3)14(9)15(17)13-11(22-18)6-10-8(16(13)20)4-5-12(19)21-10/h4-6,9,14-15,20H,7H2,1-3H3/t9-,14+,15+,18+/m0/s1. The molecule has 1 aliphatic heterocycles. The molecule has 4 atom stereocenters. The maximum atomic E-state index is 11.4. The summed E-state index contributed by atoms with van der Waals surface area (Å²) in [4.78, 5) is 11.4. The highest BCUT2D eigenvalue weighted by Crippen LogP contribution is 2.77. The molecule has 2 aromatic rings. The zero-order valence-electron chi connectivity index (χ0n) is 12.8. The fraction of sp³-hybridized carbons (Fsp3) is 0.500. The summed E-state index contributed by atoms with van der Waals surface area (Å²) in [5.74, 6) is 2.33. The summed E-state index contributed by atoms with van der Waals surface area (Å²) in [5.41, 5.74) is 0.888. The zero-order valence-corrected chi connectivity index (χ0v) is 12.8. The molecule has 2 saturated carbocycles. The van der Waals surface area contributed by atoms with Crippen molar-refractivity contribution in [1.29, 1.82) is 0 Å². The van der Waals surface area contributed by atoms with Crippen LogP contribution in [0.2, 0.25) is 0 Å². The van der Waals surface area contributed by atoms with Crippen molar-refractivity contribution < 1.29 is 14.3 Å². The Morgan fingerprint density at radius 1 is 1.27 bits per heavy atom. The van der Waals surface area contributed by atoms with Gasteiger partial charge in [0, 0.05) is 29.5 Å². The fourth-order valence-electron chi connectivity index (χ4n) is 5.34. The van der Waals surface area contributed by atoms with Gasteiger partial charge in [-0.1, -0.05) is 13.8 Å². The van der Waals surface area contributed by atoms with Gasteiger partial charge in [0.15, 0.2) is 0 Å². The van der Waals surface area contributed by atoms with Gasteiger partial charge in [0.1, 0.15) is 22.7 Å². The molecule has 2 fully saturated rings. The van der Waals surface area contributed by atoms with E-state index in [-0.39, 0.29) is 16.8 Å². The zero-order chi connectivity index (χ0) is 15.4. The molecule has 22 heavy (non-hydrogen) atoms. The Morgan fingerprint density at radius 2 is 2.05 bits per heavy atom. The lowest BCUT2D eigenvalue weighted by atomic mass is 9.33. The van der Waals surface area contributed by atoms with Gasteiger partial charge in [0.2, 0.25) is 0 Å². The molecule has 114 valence electrons. The van der Waals surface area contributed by atoms with Crippen LogP contribution in [0, 0.1) is 17.3 Å². The maximum Gasteiger partial charge on any atom is 0.336 e. The minimum Gasteiger partial charge on any atom is -0.507 e. The van der Waals surface area contributed by atoms with Crippen LogP contribution in [0.3, 0.4) is 0 Å². The number of ether oxygens (including phenoxy) is 1. The van der Waals surface area contributed by atoms with Gasteiger partial charge < -0.3 is 14.3 Å². The first kappa shape index (κ1) is 12.6. The van der Waals surface area contributed by atoms with E-state index >= 15 is 0 Å². The number of phenolic OH excluding ortho intramolecular Hbond substituents is 1. The van der Waals surface area contributed by atoms with Gasteiger partial charge >= 0.3 is 5.63 Å². The first-order valence-electron chi connectivity index (χ1n) is 7.82. The van der Waals surface area contributed by atoms with Crippen LogP contribution in [0.5, 0.6) is 11.5 Å². The number of aromatic hydroxyl groups is 1. The smallest absolute Gasteiger partial charge is 0.336 e. The fourth-order valence-corrected chi connectivity index (χ4v) is 5.34. The topological polar surface area (TPSA) is 59.7 Å². The second kappa shape index (κ2) is 3.34. The molecule has 5 rings (SSSR count). The predicted octanol–water partition coefficient (Wildman–Crippen LogP) is 3.41. The molecule has 4 nitrogen and oxygen atoms in total. The summed E-state index contributed by atoms with van der Waals surface area (Å²) in [6.07, 6.45) is 1.05. The first-order chi connectivity index (χ1) is 10.3. The lowest BCUT2D eigenvalue weighted by Crippen LogP contribution is -2.73. The molecule has 3 aliphatic rings. The van der Waals surface area contributed by atoms with Crippen molar-refractivity contribution in [3.05, 3.63) is 34.2 Å². The van der Waals surface area contributed by atoms with Crippen LogP contribution in [-0.4, -0.2) is 10.7 Å². The van der Waals surface area contributed by atoms with E-state index in [0.29, 0.717) is 34.5 Å². The molecule has 1 aromatic heterocycles. The summed E-state index contributed by atoms with van der Waals surface area (Å²) in [7, 11) is 0. The molecule has 0 unspecified atom stereocenters. The molecule has 2 aliphatic carbocycles. The summed E-state index contributed by atoms with van der Waals surface area (Å²) < 4.78 is 11.4. The minimum absolute atomic E-state index is 0.146. The van der Waals surface area contributed by atoms with Gasteiger partial charge in [-0.05, 0) is 30.7 Å². The SMILES string of the molecule is CC1(C)[C@@H]2c3c(cc4oc(=O)ccc4c3O)O[C@]3(C)C[C@H]1[C@H]23. The highest BCUT2D eigenvalue weighted by atomic mass is 16.5. The highest BCUT2D eigenvalue weighted by molar-refractivity contribution is 5.87. The van der Waals surface area contributed by atoms with Crippen LogP contribution in [0.15, 0.2) is 27.4 Å². The number of fused-ring (bicyclic) bond motifs is 3. The van der Waals surface area contributed by atoms with Crippen molar-refractivity contribution in [2.24, 2.45) is 17.3 Å². The monoisotopic (exact) mass is 298 g/mol. The van der Waals surface area contributed by atoms with Crippen molar-refractivity contribution in [2.75, 3.05) is 0 Å². The minimum atomic E-state index is -0.417. The van der Waals surface area contributed by atoms with E-state index in [2.05, 4.69) is 20.8 Å². The van der Waals surface area contributed by atoms with Gasteiger partial charge in [-0.3, -0.25) is 0 Å². The highest BCUT2D eigenvalue weighted by Gasteiger charge is 2.74. The molecule has 0 amide bonds. The van der Waals surface area contributed by atoms with Crippen LogP contribution < -0.4 is 10.4 Å². The van der Waals surface area contributed by atoms with Crippen LogP contribution in [0.1, 0.15) is 38.7 Å². The number of rotatable bonds is 0. The molecule has 0 radical (unpaired) electrons. The van der Waals surface area contributed by atoms with Crippen LogP contribution in [0.4, 0.5) is 0 Å². The molecule has 0 spiro atoms. The van der Waals surface area contributed by atoms with E-state index in [0.717, 1.165) is 12.0 Å². The summed E-state index contributed by atoms with van der Waals surface area (Å²) in [6, 6.07) is 4.75. The Balaban J connectivity index is 1.83. The molecule has 0 saturated heterocycles. The predicted molar refractivity (Wildman–Crippen MR) is 81.3 cm³/mol. The summed E-state index contributed by atoms with van der Waals surface area (Å²) >= 11 is 0. The van der Waals surface area contributed by atoms with Gasteiger partial charge in [-0.15, -0.1) is 0 Å². The molecule has 2 heterocycles. The second-order valence-corrected chi connectivity index (χ2v) is 7.85. The van der Waals surface area contributed by atoms with E-state index in [4.69, 9.17) is 9.15 Å². The van der Waals surface area contributed by atoms with Gasteiger partial charge in [0.25, 0.3) is 0 Å². The lowest BCUT2D eigenvalue weighted by Gasteiger charge is -2.74. The largest absolute Gasteiger partial charge is 0.507 e. The van der Waals surface area contributed by atoms with Gasteiger partial charge in [-0.25, -0.2) is 4.79 Å². The van der Waals surface area contributed by atoms with E-state index in [1.54, 1.807) is 12.1 Å². The van der Waals surface area contributed by atoms with E-state index in [1.165, 1.54) is 6.07 Å². The Morgan fingerprint density at radius 3 is 2.82 bits per heavy atom. The van der Waals surface area contributed by atoms with E-state index in [9.17, 15) is 9.90 Å². The third kappa shape index (κ3) is 1.16. The van der Waals surface area contributed by atoms with Crippen molar-refractivity contribution in [3.63, 3.8) is 0 Å². The second-order valence-electron chi connectivity index (χ2n) is 7.85. The molecular weight excluding hydrogens is 280 g/mol. The summed E-state index contributed by atoms with van der Waals surface area (Å²) in [5, 5.41) is 11.4. The number of hydrogen-bond acceptors (Lipinski definition) is 4.